The van der Waals surface area contributed by atoms with Crippen LogP contribution in [0.15, 0.2) is 12.7 Å². The molecule has 2 aliphatic rings. The molecular formula is C13H17N5O6S. The van der Waals surface area contributed by atoms with E-state index in [1.165, 1.54) is 12.7 Å². The topological polar surface area (TPSA) is 141 Å². The summed E-state index contributed by atoms with van der Waals surface area (Å²) < 4.78 is 45.6. The van der Waals surface area contributed by atoms with E-state index in [0.717, 1.165) is 0 Å². The monoisotopic (exact) mass is 371 g/mol. The largest absolute Gasteiger partial charge is 0.382 e. The average molecular weight is 371 g/mol. The Morgan fingerprint density at radius 1 is 1.28 bits per heavy atom. The Balaban J connectivity index is 1.69. The van der Waals surface area contributed by atoms with Gasteiger partial charge in [-0.25, -0.2) is 23.4 Å². The zero-order valence-electron chi connectivity index (χ0n) is 13.4. The molecule has 0 amide bonds. The highest BCUT2D eigenvalue weighted by Gasteiger charge is 2.56. The first-order valence-electron chi connectivity index (χ1n) is 7.57. The molecule has 0 aromatic carbocycles. The van der Waals surface area contributed by atoms with Gasteiger partial charge in [-0.05, 0) is 13.8 Å². The molecule has 0 spiro atoms. The number of nitrogens with two attached hydrogens (primary N) is 1. The van der Waals surface area contributed by atoms with Gasteiger partial charge in [0.15, 0.2) is 23.5 Å². The summed E-state index contributed by atoms with van der Waals surface area (Å²) in [7, 11) is -2.98. The Bertz CT molecular complexity index is 875. The van der Waals surface area contributed by atoms with Crippen molar-refractivity contribution in [2.24, 2.45) is 0 Å². The number of nitrogens with zero attached hydrogens (tertiary/aromatic N) is 4. The summed E-state index contributed by atoms with van der Waals surface area (Å²) in [6.07, 6.45) is 0.642. The van der Waals surface area contributed by atoms with Crippen molar-refractivity contribution in [2.75, 3.05) is 12.3 Å². The minimum absolute atomic E-state index is 0.167. The van der Waals surface area contributed by atoms with Crippen LogP contribution < -0.4 is 5.73 Å². The van der Waals surface area contributed by atoms with Gasteiger partial charge in [-0.3, -0.25) is 8.75 Å². The minimum Gasteiger partial charge on any atom is -0.382 e. The Hall–Kier alpha value is -1.86. The van der Waals surface area contributed by atoms with Crippen molar-refractivity contribution in [3.8, 4) is 0 Å². The summed E-state index contributed by atoms with van der Waals surface area (Å²) in [5.41, 5.74) is 6.75. The van der Waals surface area contributed by atoms with E-state index in [9.17, 15) is 8.42 Å². The van der Waals surface area contributed by atoms with E-state index in [0.29, 0.717) is 11.2 Å². The molecule has 12 heteroatoms. The fraction of sp³-hybridized carbons (Fsp3) is 0.615. The van der Waals surface area contributed by atoms with Gasteiger partial charge in [0.05, 0.1) is 12.9 Å². The van der Waals surface area contributed by atoms with Crippen molar-refractivity contribution < 1.29 is 26.8 Å². The highest BCUT2D eigenvalue weighted by molar-refractivity contribution is 7.67. The van der Waals surface area contributed by atoms with Crippen LogP contribution in [-0.2, 0) is 29.4 Å². The van der Waals surface area contributed by atoms with Gasteiger partial charge in [0.1, 0.15) is 30.2 Å². The maximum absolute atomic E-state index is 10.7. The smallest absolute Gasteiger partial charge is 0.257 e. The number of aromatic nitrogens is 4. The van der Waals surface area contributed by atoms with Crippen LogP contribution in [0, 0.1) is 0 Å². The van der Waals surface area contributed by atoms with E-state index in [4.69, 9.17) is 24.1 Å². The van der Waals surface area contributed by atoms with Crippen molar-refractivity contribution in [1.29, 1.82) is 0 Å². The van der Waals surface area contributed by atoms with Crippen LogP contribution in [0.3, 0.4) is 0 Å². The Kier molecular flexibility index (Phi) is 3.88. The third kappa shape index (κ3) is 2.85. The van der Waals surface area contributed by atoms with E-state index in [1.54, 1.807) is 18.4 Å². The number of hydrogen-bond donors (Lipinski definition) is 2. The van der Waals surface area contributed by atoms with Gasteiger partial charge in [0.2, 0.25) is 0 Å². The molecule has 11 nitrogen and oxygen atoms in total. The summed E-state index contributed by atoms with van der Waals surface area (Å²) in [6, 6.07) is 0. The van der Waals surface area contributed by atoms with E-state index in [2.05, 4.69) is 15.0 Å². The molecule has 0 bridgehead atoms. The molecule has 0 radical (unpaired) electrons. The van der Waals surface area contributed by atoms with Crippen molar-refractivity contribution in [3.05, 3.63) is 12.7 Å². The van der Waals surface area contributed by atoms with Crippen LogP contribution in [0.5, 0.6) is 0 Å². The van der Waals surface area contributed by atoms with Gasteiger partial charge >= 0.3 is 0 Å². The van der Waals surface area contributed by atoms with E-state index in [1.807, 2.05) is 0 Å². The Morgan fingerprint density at radius 3 is 2.80 bits per heavy atom. The van der Waals surface area contributed by atoms with Crippen molar-refractivity contribution in [1.82, 2.24) is 19.5 Å². The third-order valence-corrected chi connectivity index (χ3v) is 4.49. The molecular weight excluding hydrogens is 354 g/mol. The SMILES string of the molecule is CC1(C)O[C@@H]2[C@H](O1)[C@@H](CO[SH](=O)=O)O[C@H]2n1cnc2c(N)ncnc21. The first-order valence-corrected chi connectivity index (χ1v) is 8.67. The van der Waals surface area contributed by atoms with Crippen LogP contribution >= 0.6 is 0 Å². The van der Waals surface area contributed by atoms with Gasteiger partial charge in [0, 0.05) is 0 Å². The predicted octanol–water partition coefficient (Wildman–Crippen LogP) is -0.631. The maximum atomic E-state index is 10.7. The lowest BCUT2D eigenvalue weighted by Crippen LogP contribution is -2.32. The number of hydrogen-bond acceptors (Lipinski definition) is 10. The number of rotatable bonds is 4. The van der Waals surface area contributed by atoms with Gasteiger partial charge in [-0.2, -0.15) is 0 Å². The molecule has 2 aromatic heterocycles. The molecule has 4 atom stereocenters. The summed E-state index contributed by atoms with van der Waals surface area (Å²) in [6.45, 7) is 3.39. The van der Waals surface area contributed by atoms with Crippen molar-refractivity contribution in [2.45, 2.75) is 44.2 Å². The minimum atomic E-state index is -2.98. The summed E-state index contributed by atoms with van der Waals surface area (Å²) in [5, 5.41) is 0. The Morgan fingerprint density at radius 2 is 2.04 bits per heavy atom. The molecule has 0 saturated carbocycles. The van der Waals surface area contributed by atoms with Gasteiger partial charge in [-0.15, -0.1) is 0 Å². The average Bonchev–Trinajstić information content (AvgIpc) is 3.17. The molecule has 2 aromatic rings. The van der Waals surface area contributed by atoms with Crippen LogP contribution in [0.25, 0.3) is 11.2 Å². The number of fused-ring (bicyclic) bond motifs is 2. The molecule has 2 saturated heterocycles. The Labute approximate surface area is 144 Å². The lowest BCUT2D eigenvalue weighted by atomic mass is 10.1. The first kappa shape index (κ1) is 16.6. The second-order valence-electron chi connectivity index (χ2n) is 6.23. The molecule has 0 aliphatic carbocycles. The number of thiol groups is 1. The lowest BCUT2D eigenvalue weighted by Gasteiger charge is -2.24. The van der Waals surface area contributed by atoms with Gasteiger partial charge < -0.3 is 19.9 Å². The van der Waals surface area contributed by atoms with E-state index >= 15 is 0 Å². The number of imidazole rings is 1. The molecule has 136 valence electrons. The van der Waals surface area contributed by atoms with Crippen LogP contribution in [-0.4, -0.2) is 58.6 Å². The number of ether oxygens (including phenoxy) is 3. The molecule has 2 aliphatic heterocycles. The highest BCUT2D eigenvalue weighted by atomic mass is 32.2. The lowest BCUT2D eigenvalue weighted by molar-refractivity contribution is -0.198. The second kappa shape index (κ2) is 5.85. The van der Waals surface area contributed by atoms with Gasteiger partial charge in [-0.1, -0.05) is 0 Å². The molecule has 2 N–H and O–H groups in total. The summed E-state index contributed by atoms with van der Waals surface area (Å²) in [5.74, 6) is -0.579. The molecule has 2 fully saturated rings. The maximum Gasteiger partial charge on any atom is 0.257 e. The molecule has 0 unspecified atom stereocenters. The van der Waals surface area contributed by atoms with Crippen molar-refractivity contribution in [3.63, 3.8) is 0 Å². The zero-order valence-corrected chi connectivity index (χ0v) is 14.3. The van der Waals surface area contributed by atoms with Crippen LogP contribution in [0.4, 0.5) is 5.82 Å². The van der Waals surface area contributed by atoms with Crippen molar-refractivity contribution >= 4 is 28.0 Å². The summed E-state index contributed by atoms with van der Waals surface area (Å²) in [4.78, 5) is 12.3. The molecule has 4 heterocycles. The number of anilines is 1. The standard InChI is InChI=1S/C13H17N5O6S/c1-13(2)23-8-6(3-21-25(19)20)22-12(9(8)24-13)18-5-17-7-10(14)15-4-16-11(7)18/h4-6,8-9,12,25H,3H2,1-2H3,(H2,14,15,16)/t6-,8-,9-,12-/m1/s1. The fourth-order valence-corrected chi connectivity index (χ4v) is 3.48. The van der Waals surface area contributed by atoms with Gasteiger partial charge in [0.25, 0.3) is 11.0 Å². The van der Waals surface area contributed by atoms with Crippen LogP contribution in [0.1, 0.15) is 20.1 Å². The first-order chi connectivity index (χ1) is 11.9. The second-order valence-corrected chi connectivity index (χ2v) is 6.94. The predicted molar refractivity (Wildman–Crippen MR) is 83.7 cm³/mol. The zero-order chi connectivity index (χ0) is 17.8. The molecule has 4 rings (SSSR count). The van der Waals surface area contributed by atoms with E-state index in [-0.39, 0.29) is 12.4 Å². The molecule has 25 heavy (non-hydrogen) atoms. The van der Waals surface area contributed by atoms with E-state index < -0.39 is 41.3 Å². The number of nitrogen functional groups attached to an aromatic ring is 1. The highest BCUT2D eigenvalue weighted by Crippen LogP contribution is 2.43. The fourth-order valence-electron chi connectivity index (χ4n) is 3.21. The quantitative estimate of drug-likeness (QED) is 0.667. The normalized spacial score (nSPS) is 31.0. The third-order valence-electron chi connectivity index (χ3n) is 4.13. The van der Waals surface area contributed by atoms with Crippen LogP contribution in [0.2, 0.25) is 0 Å². The summed E-state index contributed by atoms with van der Waals surface area (Å²) >= 11 is 0.